The second kappa shape index (κ2) is 21.5. The minimum Gasteiger partial charge on any atom is -0.310 e. The molecular weight excluding hydrogens is 1040 g/mol. The Bertz CT molecular complexity index is 4790. The molecule has 0 atom stereocenters. The van der Waals surface area contributed by atoms with Gasteiger partial charge in [0.25, 0.3) is 0 Å². The Hall–Kier alpha value is -11.3. The lowest BCUT2D eigenvalue weighted by molar-refractivity contribution is 1.28. The number of benzene rings is 16. The fourth-order valence-corrected chi connectivity index (χ4v) is 13.2. The van der Waals surface area contributed by atoms with Crippen LogP contribution in [0.2, 0.25) is 0 Å². The van der Waals surface area contributed by atoms with Crippen molar-refractivity contribution in [2.24, 2.45) is 0 Å². The Morgan fingerprint density at radius 3 is 0.616 bits per heavy atom. The molecule has 0 unspecified atom stereocenters. The lowest BCUT2D eigenvalue weighted by Crippen LogP contribution is -2.10. The molecule has 0 aliphatic carbocycles. The van der Waals surface area contributed by atoms with E-state index in [-0.39, 0.29) is 0 Å². The fourth-order valence-electron chi connectivity index (χ4n) is 13.2. The van der Waals surface area contributed by atoms with Gasteiger partial charge in [-0.05, 0) is 205 Å². The Balaban J connectivity index is 0.753. The highest BCUT2D eigenvalue weighted by atomic mass is 15.1. The smallest absolute Gasteiger partial charge is 0.0467 e. The maximum Gasteiger partial charge on any atom is 0.0467 e. The minimum atomic E-state index is 1.07. The third-order valence-corrected chi connectivity index (χ3v) is 17.4. The van der Waals surface area contributed by atoms with Crippen LogP contribution in [0, 0.1) is 0 Å². The largest absolute Gasteiger partial charge is 0.310 e. The summed E-state index contributed by atoms with van der Waals surface area (Å²) in [6.45, 7) is 0. The topological polar surface area (TPSA) is 6.48 Å². The predicted octanol–water partition coefficient (Wildman–Crippen LogP) is 23.9. The van der Waals surface area contributed by atoms with Gasteiger partial charge < -0.3 is 9.80 Å². The van der Waals surface area contributed by atoms with Crippen LogP contribution in [0.4, 0.5) is 34.1 Å². The summed E-state index contributed by atoms with van der Waals surface area (Å²) in [6, 6.07) is 124. The van der Waals surface area contributed by atoms with E-state index in [9.17, 15) is 0 Å². The van der Waals surface area contributed by atoms with Crippen molar-refractivity contribution in [3.05, 3.63) is 340 Å². The van der Waals surface area contributed by atoms with E-state index in [1.165, 1.54) is 98.0 Å². The number of hydrogen-bond donors (Lipinski definition) is 0. The molecule has 16 aromatic carbocycles. The van der Waals surface area contributed by atoms with E-state index in [0.717, 1.165) is 56.4 Å². The van der Waals surface area contributed by atoms with E-state index in [1.54, 1.807) is 0 Å². The first kappa shape index (κ1) is 50.4. The molecule has 0 heterocycles. The summed E-state index contributed by atoms with van der Waals surface area (Å²) in [5.74, 6) is 0. The molecular formula is C84H56N2. The zero-order valence-corrected chi connectivity index (χ0v) is 47.2. The molecule has 0 aliphatic rings. The average Bonchev–Trinajstić information content (AvgIpc) is 1.58. The average molecular weight is 1090 g/mol. The van der Waals surface area contributed by atoms with Crippen molar-refractivity contribution in [1.82, 2.24) is 0 Å². The van der Waals surface area contributed by atoms with Gasteiger partial charge in [0.05, 0.1) is 0 Å². The number of anilines is 6. The molecule has 0 radical (unpaired) electrons. The molecule has 402 valence electrons. The van der Waals surface area contributed by atoms with Gasteiger partial charge in [0.1, 0.15) is 0 Å². The molecule has 16 aromatic rings. The van der Waals surface area contributed by atoms with E-state index >= 15 is 0 Å². The van der Waals surface area contributed by atoms with Crippen LogP contribution >= 0.6 is 0 Å². The van der Waals surface area contributed by atoms with Crippen LogP contribution in [-0.4, -0.2) is 0 Å². The molecule has 0 bridgehead atoms. The number of hydrogen-bond acceptors (Lipinski definition) is 2. The highest BCUT2D eigenvalue weighted by Gasteiger charge is 2.19. The van der Waals surface area contributed by atoms with Gasteiger partial charge in [0.15, 0.2) is 0 Å². The van der Waals surface area contributed by atoms with Crippen LogP contribution in [0.3, 0.4) is 0 Å². The van der Waals surface area contributed by atoms with Gasteiger partial charge in [-0.25, -0.2) is 0 Å². The normalized spacial score (nSPS) is 11.5. The van der Waals surface area contributed by atoms with Crippen LogP contribution in [0.25, 0.3) is 120 Å². The molecule has 0 aromatic heterocycles. The molecule has 2 nitrogen and oxygen atoms in total. The molecule has 2 heteroatoms. The third-order valence-electron chi connectivity index (χ3n) is 17.4. The molecule has 0 aliphatic heterocycles. The van der Waals surface area contributed by atoms with Crippen LogP contribution in [0.5, 0.6) is 0 Å². The second-order valence-electron chi connectivity index (χ2n) is 22.4. The molecule has 0 saturated carbocycles. The summed E-state index contributed by atoms with van der Waals surface area (Å²) in [4.78, 5) is 4.76. The summed E-state index contributed by atoms with van der Waals surface area (Å²) in [6.07, 6.45) is 0. The molecule has 0 amide bonds. The molecule has 16 rings (SSSR count). The monoisotopic (exact) mass is 1090 g/mol. The van der Waals surface area contributed by atoms with E-state index in [4.69, 9.17) is 0 Å². The first-order valence-electron chi connectivity index (χ1n) is 29.6. The minimum absolute atomic E-state index is 1.07. The fraction of sp³-hybridized carbons (Fsp3) is 0. The van der Waals surface area contributed by atoms with E-state index in [1.807, 2.05) is 0 Å². The highest BCUT2D eigenvalue weighted by molar-refractivity contribution is 6.27. The van der Waals surface area contributed by atoms with Crippen molar-refractivity contribution in [2.75, 3.05) is 9.80 Å². The van der Waals surface area contributed by atoms with E-state index < -0.39 is 0 Å². The first-order chi connectivity index (χ1) is 42.6. The van der Waals surface area contributed by atoms with Gasteiger partial charge in [-0.3, -0.25) is 0 Å². The van der Waals surface area contributed by atoms with Gasteiger partial charge in [0.2, 0.25) is 0 Å². The Morgan fingerprint density at radius 1 is 0.116 bits per heavy atom. The quantitative estimate of drug-likeness (QED) is 0.119. The van der Waals surface area contributed by atoms with Crippen molar-refractivity contribution in [1.29, 1.82) is 0 Å². The standard InChI is InChI=1S/C84H56N2/c1-3-17-57(18-4-1)59-33-43-67(44-34-59)85(71-23-15-21-63(53-71)65-41-51-81-77-29-9-7-25-73(77)75-27-11-13-31-79(75)83(81)55-65)69-47-37-61(38-48-69)62-39-49-70(50-40-62)86(68-45-35-60(36-46-68)58-19-5-2-6-20-58)72-24-16-22-64(54-72)66-42-52-82-78-30-10-8-26-74(78)76-28-12-14-32-80(76)84(82)56-66/h1-56H. The van der Waals surface area contributed by atoms with Crippen LogP contribution in [-0.2, 0) is 0 Å². The number of fused-ring (bicyclic) bond motifs is 12. The number of rotatable bonds is 11. The SMILES string of the molecule is c1ccc(-c2ccc(N(c3ccc(-c4ccc(N(c5ccc(-c6ccccc6)cc5)c5cccc(-c6ccc7c8ccccc8c8ccccc8c7c6)c5)cc4)cc3)c3cccc(-c4ccc5c6ccccc6c6ccccc6c5c4)c3)cc2)cc1. The van der Waals surface area contributed by atoms with Crippen LogP contribution < -0.4 is 9.80 Å². The predicted molar refractivity (Wildman–Crippen MR) is 368 cm³/mol. The summed E-state index contributed by atoms with van der Waals surface area (Å²) in [7, 11) is 0. The maximum absolute atomic E-state index is 2.38. The van der Waals surface area contributed by atoms with Gasteiger partial charge >= 0.3 is 0 Å². The molecule has 0 fully saturated rings. The van der Waals surface area contributed by atoms with Gasteiger partial charge in [-0.1, -0.05) is 255 Å². The second-order valence-corrected chi connectivity index (χ2v) is 22.4. The van der Waals surface area contributed by atoms with E-state index in [2.05, 4.69) is 350 Å². The number of nitrogens with zero attached hydrogens (tertiary/aromatic N) is 2. The summed E-state index contributed by atoms with van der Waals surface area (Å²) in [5.41, 5.74) is 18.2. The molecule has 0 spiro atoms. The summed E-state index contributed by atoms with van der Waals surface area (Å²) >= 11 is 0. The van der Waals surface area contributed by atoms with Crippen LogP contribution in [0.15, 0.2) is 340 Å². The first-order valence-corrected chi connectivity index (χ1v) is 29.6. The van der Waals surface area contributed by atoms with Crippen molar-refractivity contribution >= 4 is 98.8 Å². The highest BCUT2D eigenvalue weighted by Crippen LogP contribution is 2.44. The van der Waals surface area contributed by atoms with Crippen molar-refractivity contribution in [3.63, 3.8) is 0 Å². The Labute approximate surface area is 501 Å². The van der Waals surface area contributed by atoms with Crippen molar-refractivity contribution in [2.45, 2.75) is 0 Å². The Kier molecular flexibility index (Phi) is 12.6. The molecule has 0 N–H and O–H groups in total. The zero-order valence-electron chi connectivity index (χ0n) is 47.2. The Morgan fingerprint density at radius 2 is 0.326 bits per heavy atom. The van der Waals surface area contributed by atoms with E-state index in [0.29, 0.717) is 0 Å². The van der Waals surface area contributed by atoms with Crippen LogP contribution in [0.1, 0.15) is 0 Å². The van der Waals surface area contributed by atoms with Gasteiger partial charge in [-0.15, -0.1) is 0 Å². The lowest BCUT2D eigenvalue weighted by Gasteiger charge is -2.27. The molecule has 0 saturated heterocycles. The summed E-state index contributed by atoms with van der Waals surface area (Å²) in [5, 5.41) is 15.3. The molecule has 86 heavy (non-hydrogen) atoms. The summed E-state index contributed by atoms with van der Waals surface area (Å²) < 4.78 is 0. The van der Waals surface area contributed by atoms with Gasteiger partial charge in [0, 0.05) is 34.1 Å². The third kappa shape index (κ3) is 9.09. The van der Waals surface area contributed by atoms with Crippen molar-refractivity contribution < 1.29 is 0 Å². The lowest BCUT2D eigenvalue weighted by atomic mass is 9.92. The zero-order chi connectivity index (χ0) is 56.9. The maximum atomic E-state index is 2.38. The van der Waals surface area contributed by atoms with Gasteiger partial charge in [-0.2, -0.15) is 0 Å². The van der Waals surface area contributed by atoms with Crippen molar-refractivity contribution in [3.8, 4) is 55.6 Å².